The molecule has 0 heterocycles. The van der Waals surface area contributed by atoms with Crippen molar-refractivity contribution < 1.29 is 19.4 Å². The first kappa shape index (κ1) is 12.0. The molecular weight excluding hydrogens is 210 g/mol. The first-order valence-electron chi connectivity index (χ1n) is 4.60. The minimum atomic E-state index is -1.48. The third-order valence-electron chi connectivity index (χ3n) is 2.12. The standard InChI is InChI=1S/C11H13NO4/c1-12(2)9-5-4-7(16-3)6-8(9)10(13)11(14)15/h4-6H,1-3H3,(H,14,15). The Kier molecular flexibility index (Phi) is 3.50. The predicted molar refractivity (Wildman–Crippen MR) is 59.3 cm³/mol. The molecule has 5 heteroatoms. The highest BCUT2D eigenvalue weighted by atomic mass is 16.5. The second-order valence-corrected chi connectivity index (χ2v) is 3.41. The van der Waals surface area contributed by atoms with E-state index in [-0.39, 0.29) is 5.56 Å². The van der Waals surface area contributed by atoms with Gasteiger partial charge in [0.2, 0.25) is 0 Å². The van der Waals surface area contributed by atoms with Gasteiger partial charge in [0.05, 0.1) is 12.7 Å². The Morgan fingerprint density at radius 3 is 2.38 bits per heavy atom. The molecule has 0 bridgehead atoms. The number of anilines is 1. The van der Waals surface area contributed by atoms with Crippen molar-refractivity contribution in [3.05, 3.63) is 23.8 Å². The number of ketones is 1. The molecule has 0 spiro atoms. The van der Waals surface area contributed by atoms with Gasteiger partial charge in [0.25, 0.3) is 5.78 Å². The first-order chi connectivity index (χ1) is 7.47. The molecule has 1 rings (SSSR count). The molecule has 0 aliphatic heterocycles. The molecule has 0 fully saturated rings. The Morgan fingerprint density at radius 1 is 1.31 bits per heavy atom. The molecule has 0 aliphatic rings. The Labute approximate surface area is 93.2 Å². The van der Waals surface area contributed by atoms with Crippen LogP contribution in [0.2, 0.25) is 0 Å². The quantitative estimate of drug-likeness (QED) is 0.610. The van der Waals surface area contributed by atoms with Crippen LogP contribution in [0.3, 0.4) is 0 Å². The van der Waals surface area contributed by atoms with Gasteiger partial charge >= 0.3 is 5.97 Å². The minimum Gasteiger partial charge on any atom is -0.497 e. The lowest BCUT2D eigenvalue weighted by Gasteiger charge is -2.16. The van der Waals surface area contributed by atoms with E-state index in [9.17, 15) is 9.59 Å². The van der Waals surface area contributed by atoms with Crippen molar-refractivity contribution in [2.45, 2.75) is 0 Å². The van der Waals surface area contributed by atoms with E-state index in [0.29, 0.717) is 11.4 Å². The lowest BCUT2D eigenvalue weighted by molar-refractivity contribution is -0.131. The summed E-state index contributed by atoms with van der Waals surface area (Å²) in [6.07, 6.45) is 0. The third-order valence-corrected chi connectivity index (χ3v) is 2.12. The van der Waals surface area contributed by atoms with Crippen LogP contribution in [0.25, 0.3) is 0 Å². The molecule has 16 heavy (non-hydrogen) atoms. The Hall–Kier alpha value is -2.04. The van der Waals surface area contributed by atoms with Crippen LogP contribution in [-0.2, 0) is 4.79 Å². The van der Waals surface area contributed by atoms with Gasteiger partial charge in [-0.1, -0.05) is 0 Å². The summed E-state index contributed by atoms with van der Waals surface area (Å²) in [6, 6.07) is 4.74. The predicted octanol–water partition coefficient (Wildman–Crippen LogP) is 1.03. The number of methoxy groups -OCH3 is 1. The number of carboxylic acid groups (broad SMARTS) is 1. The number of aliphatic carboxylic acids is 1. The van der Waals surface area contributed by atoms with Crippen molar-refractivity contribution in [1.82, 2.24) is 0 Å². The molecule has 0 radical (unpaired) electrons. The van der Waals surface area contributed by atoms with Gasteiger partial charge < -0.3 is 14.7 Å². The van der Waals surface area contributed by atoms with E-state index in [1.54, 1.807) is 31.1 Å². The number of rotatable bonds is 4. The van der Waals surface area contributed by atoms with Gasteiger partial charge in [0.15, 0.2) is 0 Å². The highest BCUT2D eigenvalue weighted by Crippen LogP contribution is 2.24. The molecule has 1 aromatic carbocycles. The van der Waals surface area contributed by atoms with Crippen LogP contribution in [0.5, 0.6) is 5.75 Å². The topological polar surface area (TPSA) is 66.8 Å². The van der Waals surface area contributed by atoms with E-state index in [4.69, 9.17) is 9.84 Å². The van der Waals surface area contributed by atoms with E-state index in [1.807, 2.05) is 0 Å². The largest absolute Gasteiger partial charge is 0.497 e. The van der Waals surface area contributed by atoms with Crippen LogP contribution >= 0.6 is 0 Å². The molecule has 0 aromatic heterocycles. The maximum Gasteiger partial charge on any atom is 0.377 e. The highest BCUT2D eigenvalue weighted by molar-refractivity contribution is 6.41. The van der Waals surface area contributed by atoms with Crippen molar-refractivity contribution in [2.75, 3.05) is 26.1 Å². The number of carbonyl (C=O) groups excluding carboxylic acids is 1. The first-order valence-corrected chi connectivity index (χ1v) is 4.60. The van der Waals surface area contributed by atoms with Crippen molar-refractivity contribution in [1.29, 1.82) is 0 Å². The average molecular weight is 223 g/mol. The van der Waals surface area contributed by atoms with E-state index in [1.165, 1.54) is 13.2 Å². The Morgan fingerprint density at radius 2 is 1.94 bits per heavy atom. The Balaban J connectivity index is 3.31. The van der Waals surface area contributed by atoms with Crippen LogP contribution in [0.15, 0.2) is 18.2 Å². The number of benzene rings is 1. The molecule has 0 saturated carbocycles. The van der Waals surface area contributed by atoms with Crippen LogP contribution in [0.4, 0.5) is 5.69 Å². The zero-order valence-corrected chi connectivity index (χ0v) is 9.35. The number of ether oxygens (including phenoxy) is 1. The molecule has 5 nitrogen and oxygen atoms in total. The summed E-state index contributed by atoms with van der Waals surface area (Å²) >= 11 is 0. The average Bonchev–Trinajstić information content (AvgIpc) is 2.26. The van der Waals surface area contributed by atoms with E-state index < -0.39 is 11.8 Å². The Bertz CT molecular complexity index is 426. The SMILES string of the molecule is COc1ccc(N(C)C)c(C(=O)C(=O)O)c1. The molecule has 0 amide bonds. The van der Waals surface area contributed by atoms with Gasteiger partial charge in [-0.2, -0.15) is 0 Å². The van der Waals surface area contributed by atoms with Crippen molar-refractivity contribution in [2.24, 2.45) is 0 Å². The monoisotopic (exact) mass is 223 g/mol. The summed E-state index contributed by atoms with van der Waals surface area (Å²) in [6.45, 7) is 0. The molecule has 1 N–H and O–H groups in total. The summed E-state index contributed by atoms with van der Waals surface area (Å²) < 4.78 is 4.96. The van der Waals surface area contributed by atoms with Gasteiger partial charge in [-0.25, -0.2) is 4.79 Å². The number of hydrogen-bond acceptors (Lipinski definition) is 4. The number of Topliss-reactive ketones (excluding diaryl/α,β-unsaturated/α-hetero) is 1. The van der Waals surface area contributed by atoms with Crippen LogP contribution in [0.1, 0.15) is 10.4 Å². The molecule has 1 aromatic rings. The fourth-order valence-corrected chi connectivity index (χ4v) is 1.33. The molecule has 0 aliphatic carbocycles. The smallest absolute Gasteiger partial charge is 0.377 e. The normalized spacial score (nSPS) is 9.69. The van der Waals surface area contributed by atoms with Crippen molar-refractivity contribution in [3.63, 3.8) is 0 Å². The fraction of sp³-hybridized carbons (Fsp3) is 0.273. The second-order valence-electron chi connectivity index (χ2n) is 3.41. The highest BCUT2D eigenvalue weighted by Gasteiger charge is 2.20. The number of carboxylic acids is 1. The summed E-state index contributed by atoms with van der Waals surface area (Å²) in [5, 5.41) is 8.70. The number of nitrogens with zero attached hydrogens (tertiary/aromatic N) is 1. The minimum absolute atomic E-state index is 0.122. The zero-order valence-electron chi connectivity index (χ0n) is 9.35. The van der Waals surface area contributed by atoms with Gasteiger partial charge in [-0.15, -0.1) is 0 Å². The lowest BCUT2D eigenvalue weighted by Crippen LogP contribution is -2.19. The van der Waals surface area contributed by atoms with E-state index in [0.717, 1.165) is 0 Å². The summed E-state index contributed by atoms with van der Waals surface area (Å²) in [5.41, 5.74) is 0.671. The molecule has 0 unspecified atom stereocenters. The third kappa shape index (κ3) is 2.31. The van der Waals surface area contributed by atoms with Gasteiger partial charge in [-0.3, -0.25) is 4.79 Å². The molecule has 0 saturated heterocycles. The van der Waals surface area contributed by atoms with Gasteiger partial charge in [0, 0.05) is 19.8 Å². The molecule has 86 valence electrons. The molecular formula is C11H13NO4. The summed E-state index contributed by atoms with van der Waals surface area (Å²) in [7, 11) is 4.93. The molecule has 0 atom stereocenters. The lowest BCUT2D eigenvalue weighted by atomic mass is 10.1. The number of carbonyl (C=O) groups is 2. The van der Waals surface area contributed by atoms with E-state index in [2.05, 4.69) is 0 Å². The van der Waals surface area contributed by atoms with Gasteiger partial charge in [0.1, 0.15) is 5.75 Å². The summed E-state index contributed by atoms with van der Waals surface area (Å²) in [4.78, 5) is 23.8. The van der Waals surface area contributed by atoms with Crippen molar-refractivity contribution >= 4 is 17.4 Å². The maximum atomic E-state index is 11.5. The van der Waals surface area contributed by atoms with Crippen LogP contribution in [0, 0.1) is 0 Å². The number of hydrogen-bond donors (Lipinski definition) is 1. The van der Waals surface area contributed by atoms with Gasteiger partial charge in [-0.05, 0) is 18.2 Å². The maximum absolute atomic E-state index is 11.5. The van der Waals surface area contributed by atoms with Crippen LogP contribution in [-0.4, -0.2) is 38.1 Å². The zero-order chi connectivity index (χ0) is 12.3. The van der Waals surface area contributed by atoms with Crippen LogP contribution < -0.4 is 9.64 Å². The second kappa shape index (κ2) is 4.65. The van der Waals surface area contributed by atoms with Crippen molar-refractivity contribution in [3.8, 4) is 5.75 Å². The summed E-state index contributed by atoms with van der Waals surface area (Å²) in [5.74, 6) is -1.96. The van der Waals surface area contributed by atoms with E-state index >= 15 is 0 Å². The fourth-order valence-electron chi connectivity index (χ4n) is 1.33.